The van der Waals surface area contributed by atoms with Crippen LogP contribution in [0.4, 0.5) is 0 Å². The van der Waals surface area contributed by atoms with Crippen molar-refractivity contribution in [2.45, 2.75) is 86.7 Å². The van der Waals surface area contributed by atoms with E-state index in [1.54, 1.807) is 22.7 Å². The van der Waals surface area contributed by atoms with Crippen LogP contribution in [0.1, 0.15) is 112 Å². The molecular formula is C45H48Cl2N10O2S2. The maximum absolute atomic E-state index is 14.1. The molecular weight excluding hydrogens is 848 g/mol. The highest BCUT2D eigenvalue weighted by Crippen LogP contribution is 2.43. The zero-order chi connectivity index (χ0) is 43.3. The average Bonchev–Trinajstić information content (AvgIpc) is 3.93. The summed E-state index contributed by atoms with van der Waals surface area (Å²) in [5.41, 5.74) is 7.72. The third kappa shape index (κ3) is 7.76. The Morgan fingerprint density at radius 1 is 0.623 bits per heavy atom. The van der Waals surface area contributed by atoms with Gasteiger partial charge in [0.25, 0.3) is 0 Å². The summed E-state index contributed by atoms with van der Waals surface area (Å²) in [4.78, 5) is 41.4. The van der Waals surface area contributed by atoms with Crippen molar-refractivity contribution >= 4 is 69.1 Å². The Morgan fingerprint density at radius 2 is 1.00 bits per heavy atom. The first kappa shape index (κ1) is 42.7. The number of carbonyl (C=O) groups is 2. The van der Waals surface area contributed by atoms with Crippen LogP contribution in [0.5, 0.6) is 0 Å². The van der Waals surface area contributed by atoms with Gasteiger partial charge < -0.3 is 10.6 Å². The fraction of sp³-hybridized carbons (Fsp3) is 0.378. The van der Waals surface area contributed by atoms with Gasteiger partial charge in [0.1, 0.15) is 33.7 Å². The van der Waals surface area contributed by atoms with Crippen molar-refractivity contribution in [3.05, 3.63) is 125 Å². The molecule has 0 bridgehead atoms. The summed E-state index contributed by atoms with van der Waals surface area (Å²) in [5, 5.41) is 27.7. The summed E-state index contributed by atoms with van der Waals surface area (Å²) in [6, 6.07) is 14.1. The van der Waals surface area contributed by atoms with Crippen LogP contribution in [-0.2, 0) is 9.59 Å². The molecule has 2 N–H and O–H groups in total. The molecule has 316 valence electrons. The Balaban J connectivity index is 0.999. The molecule has 0 saturated carbocycles. The predicted molar refractivity (Wildman–Crippen MR) is 245 cm³/mol. The molecule has 4 aromatic heterocycles. The number of aliphatic imine (C=N–C) groups is 2. The molecule has 0 aliphatic carbocycles. The van der Waals surface area contributed by atoms with E-state index in [4.69, 9.17) is 33.2 Å². The minimum absolute atomic E-state index is 0.134. The number of aryl methyl sites for hydroxylation is 4. The first-order chi connectivity index (χ1) is 29.3. The first-order valence-corrected chi connectivity index (χ1v) is 23.0. The number of hydrogen-bond acceptors (Lipinski definition) is 10. The zero-order valence-electron chi connectivity index (χ0n) is 35.4. The van der Waals surface area contributed by atoms with Crippen molar-refractivity contribution in [3.8, 4) is 10.0 Å². The van der Waals surface area contributed by atoms with E-state index in [0.717, 1.165) is 66.5 Å². The Morgan fingerprint density at radius 3 is 1.36 bits per heavy atom. The van der Waals surface area contributed by atoms with E-state index in [0.29, 0.717) is 54.0 Å². The van der Waals surface area contributed by atoms with Crippen LogP contribution in [0.3, 0.4) is 0 Å². The molecule has 12 nitrogen and oxygen atoms in total. The van der Waals surface area contributed by atoms with E-state index in [1.165, 1.54) is 9.75 Å². The SMILES string of the molecule is CC[C@@H](C(=O)NCCCNC(=O)[C@H](CC)[C@@H]1N=C(c2ccc(Cl)cc2)c2c(sc(C)c2C)-n2c(C)nnc21)[C@@H]1N=C(c2ccc(Cl)cc2)c2c(sc(C)c2C)-n2c(C)nnc21. The maximum atomic E-state index is 14.1. The van der Waals surface area contributed by atoms with E-state index in [2.05, 4.69) is 67.9 Å². The molecule has 2 aliphatic heterocycles. The van der Waals surface area contributed by atoms with Gasteiger partial charge in [-0.05, 0) is 96.2 Å². The largest absolute Gasteiger partial charge is 0.356 e. The van der Waals surface area contributed by atoms with Gasteiger partial charge >= 0.3 is 0 Å². The normalized spacial score (nSPS) is 16.6. The number of fused-ring (bicyclic) bond motifs is 6. The summed E-state index contributed by atoms with van der Waals surface area (Å²) in [7, 11) is 0. The minimum atomic E-state index is -0.595. The molecule has 4 atom stereocenters. The van der Waals surface area contributed by atoms with Gasteiger partial charge in [0.05, 0.1) is 23.3 Å². The van der Waals surface area contributed by atoms with E-state index in [9.17, 15) is 9.59 Å². The van der Waals surface area contributed by atoms with Crippen molar-refractivity contribution in [3.63, 3.8) is 0 Å². The smallest absolute Gasteiger partial charge is 0.225 e. The topological polar surface area (TPSA) is 144 Å². The van der Waals surface area contributed by atoms with Crippen LogP contribution in [0, 0.1) is 53.4 Å². The van der Waals surface area contributed by atoms with Gasteiger partial charge in [-0.1, -0.05) is 61.3 Å². The summed E-state index contributed by atoms with van der Waals surface area (Å²) in [5.74, 6) is 1.41. The summed E-state index contributed by atoms with van der Waals surface area (Å²) in [6.45, 7) is 17.0. The predicted octanol–water partition coefficient (Wildman–Crippen LogP) is 9.29. The maximum Gasteiger partial charge on any atom is 0.225 e. The number of thiophene rings is 2. The molecule has 2 aromatic carbocycles. The number of carbonyl (C=O) groups excluding carboxylic acids is 2. The first-order valence-electron chi connectivity index (χ1n) is 20.6. The van der Waals surface area contributed by atoms with Gasteiger partial charge in [-0.25, -0.2) is 0 Å². The van der Waals surface area contributed by atoms with Crippen molar-refractivity contribution in [1.29, 1.82) is 0 Å². The van der Waals surface area contributed by atoms with Crippen LogP contribution in [-0.4, -0.2) is 65.9 Å². The molecule has 61 heavy (non-hydrogen) atoms. The number of hydrogen-bond donors (Lipinski definition) is 2. The summed E-state index contributed by atoms with van der Waals surface area (Å²) >= 11 is 16.0. The molecule has 2 amide bonds. The number of benzene rings is 2. The van der Waals surface area contributed by atoms with Crippen LogP contribution in [0.15, 0.2) is 58.5 Å². The highest BCUT2D eigenvalue weighted by Gasteiger charge is 2.39. The third-order valence-corrected chi connectivity index (χ3v) is 14.8. The Hall–Kier alpha value is -5.02. The number of nitrogens with one attached hydrogen (secondary N) is 2. The number of halogens is 2. The van der Waals surface area contributed by atoms with E-state index < -0.39 is 23.9 Å². The highest BCUT2D eigenvalue weighted by molar-refractivity contribution is 7.15. The second-order valence-electron chi connectivity index (χ2n) is 15.6. The second-order valence-corrected chi connectivity index (χ2v) is 18.9. The number of amides is 2. The molecule has 0 unspecified atom stereocenters. The Kier molecular flexibility index (Phi) is 12.2. The number of aromatic nitrogens is 6. The lowest BCUT2D eigenvalue weighted by atomic mass is 9.94. The van der Waals surface area contributed by atoms with Crippen molar-refractivity contribution in [2.24, 2.45) is 21.8 Å². The number of rotatable bonds is 12. The lowest BCUT2D eigenvalue weighted by Crippen LogP contribution is -2.38. The van der Waals surface area contributed by atoms with Gasteiger partial charge in [0.2, 0.25) is 11.8 Å². The van der Waals surface area contributed by atoms with Crippen LogP contribution in [0.2, 0.25) is 10.0 Å². The molecule has 6 heterocycles. The lowest BCUT2D eigenvalue weighted by Gasteiger charge is -2.23. The molecule has 8 rings (SSSR count). The third-order valence-electron chi connectivity index (χ3n) is 11.9. The van der Waals surface area contributed by atoms with Gasteiger partial charge in [-0.2, -0.15) is 0 Å². The van der Waals surface area contributed by atoms with E-state index in [-0.39, 0.29) is 11.8 Å². The lowest BCUT2D eigenvalue weighted by molar-refractivity contribution is -0.126. The molecule has 0 fully saturated rings. The van der Waals surface area contributed by atoms with Gasteiger partial charge in [0, 0.05) is 55.1 Å². The fourth-order valence-electron chi connectivity index (χ4n) is 8.33. The van der Waals surface area contributed by atoms with Crippen LogP contribution in [0.25, 0.3) is 10.0 Å². The highest BCUT2D eigenvalue weighted by atomic mass is 35.5. The molecule has 2 aliphatic rings. The molecule has 0 spiro atoms. The average molecular weight is 896 g/mol. The molecule has 6 aromatic rings. The van der Waals surface area contributed by atoms with Gasteiger partial charge in [-0.3, -0.25) is 28.7 Å². The van der Waals surface area contributed by atoms with Crippen molar-refractivity contribution < 1.29 is 9.59 Å². The zero-order valence-corrected chi connectivity index (χ0v) is 38.6. The fourth-order valence-corrected chi connectivity index (χ4v) is 11.0. The second kappa shape index (κ2) is 17.4. The standard InChI is InChI=1S/C45H48Cl2N10O2S2/c1-9-32(38-40-54-52-26(7)56(40)44-34(22(3)24(5)60-44)36(50-38)28-12-16-30(46)17-13-28)42(58)48-20-11-21-49-43(59)33(10-2)39-41-55-53-27(8)57(41)45-35(23(4)25(6)61-45)37(51-39)29-14-18-31(47)19-15-29/h12-19,32-33,38-39H,9-11,20-21H2,1-8H3,(H,48,58)(H,49,59)/t32-,33-,38+,39+/m1/s1. The van der Waals surface area contributed by atoms with Crippen molar-refractivity contribution in [2.75, 3.05) is 13.1 Å². The molecule has 0 saturated heterocycles. The quantitative estimate of drug-likeness (QED) is 0.117. The summed E-state index contributed by atoms with van der Waals surface area (Å²) in [6.07, 6.45) is 1.57. The van der Waals surface area contributed by atoms with Crippen LogP contribution < -0.4 is 10.6 Å². The molecule has 0 radical (unpaired) electrons. The van der Waals surface area contributed by atoms with Crippen LogP contribution >= 0.6 is 45.9 Å². The van der Waals surface area contributed by atoms with E-state index >= 15 is 0 Å². The minimum Gasteiger partial charge on any atom is -0.356 e. The van der Waals surface area contributed by atoms with Gasteiger partial charge in [-0.15, -0.1) is 43.1 Å². The van der Waals surface area contributed by atoms with Crippen molar-refractivity contribution in [1.82, 2.24) is 40.2 Å². The number of nitrogens with zero attached hydrogens (tertiary/aromatic N) is 8. The molecule has 16 heteroatoms. The summed E-state index contributed by atoms with van der Waals surface area (Å²) < 4.78 is 4.13. The van der Waals surface area contributed by atoms with Gasteiger partial charge in [0.15, 0.2) is 11.6 Å². The monoisotopic (exact) mass is 894 g/mol. The Bertz CT molecular complexity index is 2520. The Labute approximate surface area is 373 Å². The van der Waals surface area contributed by atoms with E-state index in [1.807, 2.05) is 76.2 Å².